The van der Waals surface area contributed by atoms with E-state index in [0.717, 1.165) is 9.87 Å². The maximum atomic E-state index is 12.9. The van der Waals surface area contributed by atoms with Gasteiger partial charge in [-0.15, -0.1) is 0 Å². The molecule has 1 fully saturated rings. The predicted octanol–water partition coefficient (Wildman–Crippen LogP) is 2.76. The molecule has 1 aliphatic rings. The molecule has 25 heavy (non-hydrogen) atoms. The summed E-state index contributed by atoms with van der Waals surface area (Å²) >= 11 is 0. The maximum absolute atomic E-state index is 12.9. The molecular weight excluding hydrogens is 357 g/mol. The molecule has 5 nitrogen and oxygen atoms in total. The molecule has 140 valence electrons. The zero-order valence-corrected chi connectivity index (χ0v) is 15.1. The monoisotopic (exact) mass is 378 g/mol. The Morgan fingerprint density at radius 1 is 1.16 bits per heavy atom. The maximum Gasteiger partial charge on any atom is 0.471 e. The molecule has 0 N–H and O–H groups in total. The average Bonchev–Trinajstić information content (AvgIpc) is 2.52. The Morgan fingerprint density at radius 3 is 2.20 bits per heavy atom. The fourth-order valence-electron chi connectivity index (χ4n) is 3.00. The van der Waals surface area contributed by atoms with Crippen molar-refractivity contribution in [2.45, 2.75) is 44.4 Å². The van der Waals surface area contributed by atoms with Gasteiger partial charge >= 0.3 is 12.1 Å². The number of hydrogen-bond acceptors (Lipinski definition) is 3. The van der Waals surface area contributed by atoms with Gasteiger partial charge in [0.2, 0.25) is 10.0 Å². The highest BCUT2D eigenvalue weighted by Crippen LogP contribution is 2.31. The first-order chi connectivity index (χ1) is 11.5. The van der Waals surface area contributed by atoms with E-state index >= 15 is 0 Å². The minimum Gasteiger partial charge on any atom is -0.318 e. The van der Waals surface area contributed by atoms with Crippen molar-refractivity contribution < 1.29 is 26.4 Å². The fourth-order valence-corrected chi connectivity index (χ4v) is 4.76. The SMILES string of the molecule is Cc1ccc(S(=O)(=O)N2CCCN(C(=O)C(F)(F)F)[C@H]2C(C)C)cc1. The van der Waals surface area contributed by atoms with Crippen molar-refractivity contribution >= 4 is 15.9 Å². The van der Waals surface area contributed by atoms with Crippen molar-refractivity contribution in [3.05, 3.63) is 29.8 Å². The van der Waals surface area contributed by atoms with E-state index in [1.54, 1.807) is 32.9 Å². The Labute approximate surface area is 145 Å². The van der Waals surface area contributed by atoms with E-state index in [2.05, 4.69) is 0 Å². The summed E-state index contributed by atoms with van der Waals surface area (Å²) in [6.45, 7) is 4.95. The van der Waals surface area contributed by atoms with Crippen LogP contribution >= 0.6 is 0 Å². The number of sulfonamides is 1. The lowest BCUT2D eigenvalue weighted by Crippen LogP contribution is -2.61. The molecule has 0 aliphatic carbocycles. The molecule has 1 amide bonds. The van der Waals surface area contributed by atoms with Gasteiger partial charge in [0.05, 0.1) is 4.90 Å². The average molecular weight is 378 g/mol. The Hall–Kier alpha value is -1.61. The van der Waals surface area contributed by atoms with Crippen LogP contribution in [0.3, 0.4) is 0 Å². The highest BCUT2D eigenvalue weighted by Gasteiger charge is 2.49. The van der Waals surface area contributed by atoms with E-state index in [4.69, 9.17) is 0 Å². The number of hydrogen-bond donors (Lipinski definition) is 0. The van der Waals surface area contributed by atoms with Crippen molar-refractivity contribution in [1.29, 1.82) is 0 Å². The van der Waals surface area contributed by atoms with E-state index in [1.165, 1.54) is 12.1 Å². The number of aryl methyl sites for hydroxylation is 1. The zero-order valence-electron chi connectivity index (χ0n) is 14.2. The van der Waals surface area contributed by atoms with Gasteiger partial charge < -0.3 is 4.90 Å². The molecule has 2 rings (SSSR count). The Bertz CT molecular complexity index is 730. The Kier molecular flexibility index (Phi) is 5.48. The largest absolute Gasteiger partial charge is 0.471 e. The summed E-state index contributed by atoms with van der Waals surface area (Å²) in [6.07, 6.45) is -6.06. The van der Waals surface area contributed by atoms with Crippen LogP contribution in [-0.2, 0) is 14.8 Å². The van der Waals surface area contributed by atoms with Crippen molar-refractivity contribution in [2.75, 3.05) is 13.1 Å². The smallest absolute Gasteiger partial charge is 0.318 e. The lowest BCUT2D eigenvalue weighted by molar-refractivity contribution is -0.193. The fraction of sp³-hybridized carbons (Fsp3) is 0.562. The third kappa shape index (κ3) is 3.98. The van der Waals surface area contributed by atoms with Gasteiger partial charge in [0.15, 0.2) is 0 Å². The summed E-state index contributed by atoms with van der Waals surface area (Å²) in [7, 11) is -4.01. The Morgan fingerprint density at radius 2 is 1.72 bits per heavy atom. The molecule has 0 unspecified atom stereocenters. The molecule has 0 bridgehead atoms. The van der Waals surface area contributed by atoms with Crippen molar-refractivity contribution in [2.24, 2.45) is 5.92 Å². The quantitative estimate of drug-likeness (QED) is 0.813. The van der Waals surface area contributed by atoms with Gasteiger partial charge in [-0.1, -0.05) is 31.5 Å². The molecule has 1 saturated heterocycles. The lowest BCUT2D eigenvalue weighted by Gasteiger charge is -2.45. The second-order valence-electron chi connectivity index (χ2n) is 6.44. The molecule has 0 aromatic heterocycles. The van der Waals surface area contributed by atoms with Crippen LogP contribution in [0, 0.1) is 12.8 Å². The second-order valence-corrected chi connectivity index (χ2v) is 8.33. The van der Waals surface area contributed by atoms with Crippen LogP contribution in [0.4, 0.5) is 13.2 Å². The van der Waals surface area contributed by atoms with E-state index in [9.17, 15) is 26.4 Å². The van der Waals surface area contributed by atoms with Gasteiger partial charge in [-0.2, -0.15) is 17.5 Å². The first kappa shape index (κ1) is 19.7. The molecule has 0 spiro atoms. The highest BCUT2D eigenvalue weighted by molar-refractivity contribution is 7.89. The van der Waals surface area contributed by atoms with Crippen molar-refractivity contribution in [1.82, 2.24) is 9.21 Å². The van der Waals surface area contributed by atoms with Crippen molar-refractivity contribution in [3.63, 3.8) is 0 Å². The van der Waals surface area contributed by atoms with E-state index in [0.29, 0.717) is 4.90 Å². The molecule has 1 aromatic rings. The third-order valence-corrected chi connectivity index (χ3v) is 6.00. The van der Waals surface area contributed by atoms with Gasteiger partial charge in [0.1, 0.15) is 6.17 Å². The normalized spacial score (nSPS) is 20.1. The molecule has 0 saturated carbocycles. The van der Waals surface area contributed by atoms with E-state index in [-0.39, 0.29) is 24.4 Å². The van der Waals surface area contributed by atoms with Crippen LogP contribution in [0.5, 0.6) is 0 Å². The number of carbonyl (C=O) groups excluding carboxylic acids is 1. The second kappa shape index (κ2) is 6.95. The van der Waals surface area contributed by atoms with Gasteiger partial charge in [0.25, 0.3) is 0 Å². The van der Waals surface area contributed by atoms with Crippen LogP contribution in [-0.4, -0.2) is 49.0 Å². The summed E-state index contributed by atoms with van der Waals surface area (Å²) in [5.74, 6) is -2.50. The van der Waals surface area contributed by atoms with E-state index < -0.39 is 34.2 Å². The van der Waals surface area contributed by atoms with Crippen molar-refractivity contribution in [3.8, 4) is 0 Å². The standard InChI is InChI=1S/C16H21F3N2O3S/c1-11(2)14-20(15(22)16(17,18)19)9-4-10-21(14)25(23,24)13-7-5-12(3)6-8-13/h5-8,11,14H,4,9-10H2,1-3H3/t14-/m1/s1. The topological polar surface area (TPSA) is 57.7 Å². The predicted molar refractivity (Wildman–Crippen MR) is 86.1 cm³/mol. The molecule has 1 atom stereocenters. The minimum absolute atomic E-state index is 0.00468. The summed E-state index contributed by atoms with van der Waals surface area (Å²) in [4.78, 5) is 12.4. The molecule has 9 heteroatoms. The number of amides is 1. The van der Waals surface area contributed by atoms with Gasteiger partial charge in [-0.05, 0) is 31.4 Å². The Balaban J connectivity index is 2.44. The zero-order chi connectivity index (χ0) is 19.0. The van der Waals surface area contributed by atoms with E-state index in [1.807, 2.05) is 0 Å². The van der Waals surface area contributed by atoms with Crippen LogP contribution in [0.1, 0.15) is 25.8 Å². The number of nitrogens with zero attached hydrogens (tertiary/aromatic N) is 2. The highest BCUT2D eigenvalue weighted by atomic mass is 32.2. The lowest BCUT2D eigenvalue weighted by atomic mass is 10.1. The van der Waals surface area contributed by atoms with Gasteiger partial charge in [-0.3, -0.25) is 4.79 Å². The van der Waals surface area contributed by atoms with Crippen LogP contribution < -0.4 is 0 Å². The first-order valence-corrected chi connectivity index (χ1v) is 9.36. The minimum atomic E-state index is -5.04. The number of carbonyl (C=O) groups is 1. The molecular formula is C16H21F3N2O3S. The van der Waals surface area contributed by atoms with Crippen LogP contribution in [0.25, 0.3) is 0 Å². The third-order valence-electron chi connectivity index (χ3n) is 4.12. The summed E-state index contributed by atoms with van der Waals surface area (Å²) in [6, 6.07) is 6.10. The summed E-state index contributed by atoms with van der Waals surface area (Å²) in [5, 5.41) is 0. The van der Waals surface area contributed by atoms with Gasteiger partial charge in [-0.25, -0.2) is 8.42 Å². The molecule has 1 aromatic carbocycles. The number of benzene rings is 1. The van der Waals surface area contributed by atoms with Gasteiger partial charge in [0, 0.05) is 13.1 Å². The molecule has 1 aliphatic heterocycles. The first-order valence-electron chi connectivity index (χ1n) is 7.92. The summed E-state index contributed by atoms with van der Waals surface area (Å²) < 4.78 is 65.6. The molecule has 1 heterocycles. The van der Waals surface area contributed by atoms with Crippen LogP contribution in [0.15, 0.2) is 29.2 Å². The number of rotatable bonds is 3. The number of alkyl halides is 3. The summed E-state index contributed by atoms with van der Waals surface area (Å²) in [5.41, 5.74) is 0.867. The number of halogens is 3. The van der Waals surface area contributed by atoms with Crippen LogP contribution in [0.2, 0.25) is 0 Å². The molecule has 0 radical (unpaired) electrons.